The first-order valence-electron chi connectivity index (χ1n) is 10.6. The molecule has 0 fully saturated rings. The maximum absolute atomic E-state index is 13.4. The number of carbonyl (C=O) groups excluding carboxylic acids is 2. The molecule has 0 heterocycles. The van der Waals surface area contributed by atoms with Gasteiger partial charge in [0, 0.05) is 47.1 Å². The third-order valence-corrected chi connectivity index (χ3v) is 6.70. The lowest BCUT2D eigenvalue weighted by atomic mass is 10.0. The van der Waals surface area contributed by atoms with E-state index in [0.717, 1.165) is 16.0 Å². The number of hydrogen-bond donors (Lipinski definition) is 1. The average Bonchev–Trinajstić information content (AvgIpc) is 2.83. The Morgan fingerprint density at radius 2 is 1.48 bits per heavy atom. The summed E-state index contributed by atoms with van der Waals surface area (Å²) in [4.78, 5) is 29.0. The van der Waals surface area contributed by atoms with Crippen LogP contribution in [0.4, 0.5) is 0 Å². The zero-order valence-electron chi connectivity index (χ0n) is 18.3. The smallest absolute Gasteiger partial charge is 0.242 e. The van der Waals surface area contributed by atoms with Crippen molar-refractivity contribution in [2.24, 2.45) is 0 Å². The minimum Gasteiger partial charge on any atom is -0.357 e. The predicted molar refractivity (Wildman–Crippen MR) is 137 cm³/mol. The van der Waals surface area contributed by atoms with E-state index in [1.807, 2.05) is 66.7 Å². The van der Waals surface area contributed by atoms with Crippen LogP contribution in [-0.4, -0.2) is 35.6 Å². The van der Waals surface area contributed by atoms with Crippen LogP contribution in [0.3, 0.4) is 0 Å². The molecule has 0 bridgehead atoms. The number of amides is 2. The van der Waals surface area contributed by atoms with Crippen LogP contribution in [0.5, 0.6) is 0 Å². The van der Waals surface area contributed by atoms with Crippen LogP contribution in [0.25, 0.3) is 0 Å². The van der Waals surface area contributed by atoms with Crippen molar-refractivity contribution in [2.75, 3.05) is 12.8 Å². The van der Waals surface area contributed by atoms with Crippen LogP contribution in [0.2, 0.25) is 10.0 Å². The van der Waals surface area contributed by atoms with Gasteiger partial charge in [0.15, 0.2) is 0 Å². The molecule has 0 saturated carbocycles. The van der Waals surface area contributed by atoms with E-state index >= 15 is 0 Å². The molecule has 33 heavy (non-hydrogen) atoms. The molecule has 2 amide bonds. The molecule has 7 heteroatoms. The number of likely N-dealkylation sites (N-methyl/N-ethyl adjacent to an activating group) is 1. The summed E-state index contributed by atoms with van der Waals surface area (Å²) >= 11 is 13.6. The number of benzene rings is 3. The van der Waals surface area contributed by atoms with Crippen molar-refractivity contribution >= 4 is 46.8 Å². The first-order valence-corrected chi connectivity index (χ1v) is 12.4. The first-order chi connectivity index (χ1) is 16.0. The Hall–Kier alpha value is -2.47. The molecule has 3 rings (SSSR count). The second kappa shape index (κ2) is 12.7. The van der Waals surface area contributed by atoms with Crippen LogP contribution in [-0.2, 0) is 22.6 Å². The second-order valence-electron chi connectivity index (χ2n) is 7.52. The lowest BCUT2D eigenvalue weighted by molar-refractivity contribution is -0.140. The number of thioether (sulfide) groups is 1. The Morgan fingerprint density at radius 3 is 2.09 bits per heavy atom. The van der Waals surface area contributed by atoms with Gasteiger partial charge in [-0.3, -0.25) is 9.59 Å². The Kier molecular flexibility index (Phi) is 9.67. The maximum Gasteiger partial charge on any atom is 0.242 e. The van der Waals surface area contributed by atoms with Gasteiger partial charge in [0.05, 0.1) is 0 Å². The van der Waals surface area contributed by atoms with Crippen molar-refractivity contribution in [3.8, 4) is 0 Å². The zero-order valence-corrected chi connectivity index (χ0v) is 20.7. The minimum atomic E-state index is -0.624. The van der Waals surface area contributed by atoms with E-state index < -0.39 is 6.04 Å². The van der Waals surface area contributed by atoms with Crippen LogP contribution < -0.4 is 5.32 Å². The van der Waals surface area contributed by atoms with Gasteiger partial charge in [-0.1, -0.05) is 65.7 Å². The Balaban J connectivity index is 1.79. The minimum absolute atomic E-state index is 0.0732. The fourth-order valence-corrected chi connectivity index (χ4v) is 4.53. The molecular formula is C26H26Cl2N2O2S. The van der Waals surface area contributed by atoms with E-state index in [1.165, 1.54) is 0 Å². The predicted octanol–water partition coefficient (Wildman–Crippen LogP) is 5.86. The van der Waals surface area contributed by atoms with E-state index in [9.17, 15) is 9.59 Å². The molecule has 0 aliphatic rings. The van der Waals surface area contributed by atoms with Crippen molar-refractivity contribution < 1.29 is 9.59 Å². The Morgan fingerprint density at radius 1 is 0.879 bits per heavy atom. The maximum atomic E-state index is 13.4. The summed E-state index contributed by atoms with van der Waals surface area (Å²) < 4.78 is 0. The van der Waals surface area contributed by atoms with Crippen molar-refractivity contribution in [1.29, 1.82) is 0 Å². The molecule has 0 radical (unpaired) electrons. The summed E-state index contributed by atoms with van der Waals surface area (Å²) in [6.45, 7) is 0.326. The number of carbonyl (C=O) groups is 2. The molecule has 0 aliphatic carbocycles. The summed E-state index contributed by atoms with van der Waals surface area (Å²) in [6.07, 6.45) is 0.743. The third kappa shape index (κ3) is 7.81. The fraction of sp³-hybridized carbons (Fsp3) is 0.231. The van der Waals surface area contributed by atoms with Gasteiger partial charge in [0.25, 0.3) is 0 Å². The third-order valence-electron chi connectivity index (χ3n) is 5.18. The van der Waals surface area contributed by atoms with Crippen LogP contribution in [0.1, 0.15) is 17.5 Å². The van der Waals surface area contributed by atoms with E-state index in [2.05, 4.69) is 5.32 Å². The number of rotatable bonds is 10. The number of hydrogen-bond acceptors (Lipinski definition) is 3. The molecule has 0 saturated heterocycles. The topological polar surface area (TPSA) is 49.4 Å². The van der Waals surface area contributed by atoms with E-state index in [1.54, 1.807) is 35.8 Å². The fourth-order valence-electron chi connectivity index (χ4n) is 3.44. The molecule has 3 aromatic rings. The van der Waals surface area contributed by atoms with Crippen LogP contribution >= 0.6 is 35.0 Å². The molecule has 0 spiro atoms. The summed E-state index contributed by atoms with van der Waals surface area (Å²) in [5.74, 6) is 0.339. The van der Waals surface area contributed by atoms with E-state index in [0.29, 0.717) is 35.2 Å². The monoisotopic (exact) mass is 500 g/mol. The Labute approximate surface area is 209 Å². The van der Waals surface area contributed by atoms with Gasteiger partial charge in [-0.2, -0.15) is 0 Å². The summed E-state index contributed by atoms with van der Waals surface area (Å²) in [7, 11) is 1.60. The molecule has 3 aromatic carbocycles. The van der Waals surface area contributed by atoms with E-state index in [-0.39, 0.29) is 11.8 Å². The highest BCUT2D eigenvalue weighted by molar-refractivity contribution is 7.99. The number of nitrogens with zero attached hydrogens (tertiary/aromatic N) is 1. The van der Waals surface area contributed by atoms with Crippen molar-refractivity contribution in [2.45, 2.75) is 30.3 Å². The first kappa shape index (κ1) is 25.2. The quantitative estimate of drug-likeness (QED) is 0.354. The van der Waals surface area contributed by atoms with Crippen LogP contribution in [0.15, 0.2) is 83.8 Å². The van der Waals surface area contributed by atoms with Gasteiger partial charge >= 0.3 is 0 Å². The van der Waals surface area contributed by atoms with Gasteiger partial charge < -0.3 is 10.2 Å². The lowest BCUT2D eigenvalue weighted by Gasteiger charge is -2.31. The van der Waals surface area contributed by atoms with Gasteiger partial charge in [0.2, 0.25) is 11.8 Å². The van der Waals surface area contributed by atoms with Gasteiger partial charge in [-0.15, -0.1) is 11.8 Å². The molecular weight excluding hydrogens is 475 g/mol. The SMILES string of the molecule is CNC(=O)[C@@H](Cc1ccccc1)N(Cc1ccc(Cl)cc1)C(=O)CCSc1ccc(Cl)cc1. The highest BCUT2D eigenvalue weighted by Gasteiger charge is 2.29. The molecule has 1 N–H and O–H groups in total. The molecule has 0 unspecified atom stereocenters. The average molecular weight is 501 g/mol. The Bertz CT molecular complexity index is 1040. The summed E-state index contributed by atoms with van der Waals surface area (Å²) in [5, 5.41) is 4.04. The van der Waals surface area contributed by atoms with Crippen molar-refractivity contribution in [3.63, 3.8) is 0 Å². The molecule has 172 valence electrons. The van der Waals surface area contributed by atoms with Gasteiger partial charge in [-0.25, -0.2) is 0 Å². The lowest BCUT2D eigenvalue weighted by Crippen LogP contribution is -2.49. The molecule has 0 aliphatic heterocycles. The van der Waals surface area contributed by atoms with E-state index in [4.69, 9.17) is 23.2 Å². The summed E-state index contributed by atoms with van der Waals surface area (Å²) in [6, 6.07) is 24.0. The van der Waals surface area contributed by atoms with Crippen LogP contribution in [0, 0.1) is 0 Å². The summed E-state index contributed by atoms with van der Waals surface area (Å²) in [5.41, 5.74) is 1.91. The number of nitrogens with one attached hydrogen (secondary N) is 1. The normalized spacial score (nSPS) is 11.6. The molecule has 4 nitrogen and oxygen atoms in total. The highest BCUT2D eigenvalue weighted by Crippen LogP contribution is 2.23. The van der Waals surface area contributed by atoms with Gasteiger partial charge in [-0.05, 0) is 47.5 Å². The standard InChI is InChI=1S/C26H26Cl2N2O2S/c1-29-26(32)24(17-19-5-3-2-4-6-19)30(18-20-7-9-21(27)10-8-20)25(31)15-16-33-23-13-11-22(28)12-14-23/h2-14,24H,15-18H2,1H3,(H,29,32)/t24-/m1/s1. The second-order valence-corrected chi connectivity index (χ2v) is 9.56. The molecule has 0 aromatic heterocycles. The number of halogens is 2. The van der Waals surface area contributed by atoms with Gasteiger partial charge in [0.1, 0.15) is 6.04 Å². The molecule has 1 atom stereocenters. The highest BCUT2D eigenvalue weighted by atomic mass is 35.5. The zero-order chi connectivity index (χ0) is 23.6. The largest absolute Gasteiger partial charge is 0.357 e. The van der Waals surface area contributed by atoms with Crippen molar-refractivity contribution in [3.05, 3.63) is 100 Å². The van der Waals surface area contributed by atoms with Crippen molar-refractivity contribution in [1.82, 2.24) is 10.2 Å².